The first-order valence-electron chi connectivity index (χ1n) is 5.43. The highest BCUT2D eigenvalue weighted by molar-refractivity contribution is 5.87. The molecule has 1 amide bonds. The van der Waals surface area contributed by atoms with Crippen molar-refractivity contribution in [2.75, 3.05) is 13.1 Å². The first-order valence-corrected chi connectivity index (χ1v) is 5.43. The van der Waals surface area contributed by atoms with Crippen LogP contribution in [-0.2, 0) is 14.4 Å². The fourth-order valence-corrected chi connectivity index (χ4v) is 1.33. The van der Waals surface area contributed by atoms with E-state index in [-0.39, 0.29) is 6.54 Å². The van der Waals surface area contributed by atoms with Crippen LogP contribution in [0, 0.1) is 5.92 Å². The van der Waals surface area contributed by atoms with Crippen LogP contribution in [0.3, 0.4) is 0 Å². The van der Waals surface area contributed by atoms with Gasteiger partial charge in [0.15, 0.2) is 0 Å². The van der Waals surface area contributed by atoms with Crippen LogP contribution in [0.2, 0.25) is 0 Å². The Labute approximate surface area is 98.2 Å². The monoisotopic (exact) mass is 244 g/mol. The fraction of sp³-hybridized carbons (Fsp3) is 0.700. The van der Waals surface area contributed by atoms with Gasteiger partial charge in [-0.05, 0) is 25.3 Å². The number of hydrogen-bond donors (Lipinski definition) is 4. The van der Waals surface area contributed by atoms with Crippen LogP contribution in [0.4, 0.5) is 0 Å². The second-order valence-corrected chi connectivity index (χ2v) is 4.13. The van der Waals surface area contributed by atoms with Crippen molar-refractivity contribution in [1.29, 1.82) is 0 Å². The van der Waals surface area contributed by atoms with Crippen LogP contribution in [0.15, 0.2) is 0 Å². The number of aliphatic carboxylic acids is 2. The molecule has 1 fully saturated rings. The van der Waals surface area contributed by atoms with E-state index in [4.69, 9.17) is 10.2 Å². The predicted molar refractivity (Wildman–Crippen MR) is 57.4 cm³/mol. The molecular formula is C10H16N2O5. The van der Waals surface area contributed by atoms with Crippen molar-refractivity contribution in [3.05, 3.63) is 0 Å². The number of carbonyl (C=O) groups is 3. The molecule has 4 N–H and O–H groups in total. The zero-order valence-electron chi connectivity index (χ0n) is 9.31. The third-order valence-electron chi connectivity index (χ3n) is 2.43. The van der Waals surface area contributed by atoms with E-state index in [1.807, 2.05) is 0 Å². The molecule has 7 heteroatoms. The molecule has 0 radical (unpaired) electrons. The minimum Gasteiger partial charge on any atom is -0.481 e. The third kappa shape index (κ3) is 5.86. The molecule has 1 unspecified atom stereocenters. The van der Waals surface area contributed by atoms with Gasteiger partial charge in [-0.2, -0.15) is 0 Å². The Hall–Kier alpha value is -1.63. The molecule has 0 saturated heterocycles. The molecule has 1 aliphatic carbocycles. The second kappa shape index (κ2) is 6.19. The van der Waals surface area contributed by atoms with Gasteiger partial charge in [-0.25, -0.2) is 4.79 Å². The van der Waals surface area contributed by atoms with Crippen molar-refractivity contribution in [1.82, 2.24) is 10.6 Å². The first-order chi connectivity index (χ1) is 7.99. The number of amides is 1. The zero-order chi connectivity index (χ0) is 12.8. The molecule has 1 saturated carbocycles. The smallest absolute Gasteiger partial charge is 0.326 e. The summed E-state index contributed by atoms with van der Waals surface area (Å²) in [5.41, 5.74) is 0. The molecule has 96 valence electrons. The maximum absolute atomic E-state index is 11.3. The van der Waals surface area contributed by atoms with E-state index in [1.165, 1.54) is 0 Å². The maximum Gasteiger partial charge on any atom is 0.326 e. The summed E-state index contributed by atoms with van der Waals surface area (Å²) >= 11 is 0. The molecule has 7 nitrogen and oxygen atoms in total. The molecule has 1 aliphatic rings. The highest BCUT2D eigenvalue weighted by atomic mass is 16.4. The lowest BCUT2D eigenvalue weighted by atomic mass is 10.2. The molecule has 1 rings (SSSR count). The molecule has 0 aliphatic heterocycles. The largest absolute Gasteiger partial charge is 0.481 e. The zero-order valence-corrected chi connectivity index (χ0v) is 9.31. The lowest BCUT2D eigenvalue weighted by Gasteiger charge is -2.12. The van der Waals surface area contributed by atoms with Gasteiger partial charge in [0, 0.05) is 0 Å². The first kappa shape index (κ1) is 13.4. The Balaban J connectivity index is 2.24. The van der Waals surface area contributed by atoms with Crippen LogP contribution in [0.5, 0.6) is 0 Å². The van der Waals surface area contributed by atoms with E-state index in [2.05, 4.69) is 10.6 Å². The van der Waals surface area contributed by atoms with Gasteiger partial charge < -0.3 is 20.8 Å². The van der Waals surface area contributed by atoms with Crippen molar-refractivity contribution in [2.45, 2.75) is 25.3 Å². The average Bonchev–Trinajstić information content (AvgIpc) is 2.99. The van der Waals surface area contributed by atoms with E-state index in [0.717, 1.165) is 19.4 Å². The van der Waals surface area contributed by atoms with E-state index < -0.39 is 30.3 Å². The molecule has 1 atom stereocenters. The molecule has 0 aromatic carbocycles. The standard InChI is InChI=1S/C10H16N2O5/c13-8(5-11-4-6-1-2-6)12-7(10(16)17)3-9(14)15/h6-7,11H,1-5H2,(H,12,13)(H,14,15)(H,16,17). The van der Waals surface area contributed by atoms with Gasteiger partial charge in [-0.1, -0.05) is 0 Å². The van der Waals surface area contributed by atoms with Gasteiger partial charge in [0.1, 0.15) is 6.04 Å². The molecule has 0 heterocycles. The minimum absolute atomic E-state index is 0.0138. The van der Waals surface area contributed by atoms with E-state index in [0.29, 0.717) is 5.92 Å². The number of hydrogen-bond acceptors (Lipinski definition) is 4. The fourth-order valence-electron chi connectivity index (χ4n) is 1.33. The highest BCUT2D eigenvalue weighted by Gasteiger charge is 2.24. The SMILES string of the molecule is O=C(O)CC(NC(=O)CNCC1CC1)C(=O)O. The van der Waals surface area contributed by atoms with Crippen molar-refractivity contribution >= 4 is 17.8 Å². The number of rotatable bonds is 8. The van der Waals surface area contributed by atoms with Crippen molar-refractivity contribution in [2.24, 2.45) is 5.92 Å². The Kier molecular flexibility index (Phi) is 4.89. The Morgan fingerprint density at radius 1 is 1.24 bits per heavy atom. The van der Waals surface area contributed by atoms with Crippen LogP contribution in [0.25, 0.3) is 0 Å². The lowest BCUT2D eigenvalue weighted by Crippen LogP contribution is -2.45. The Morgan fingerprint density at radius 2 is 1.88 bits per heavy atom. The number of carboxylic acid groups (broad SMARTS) is 2. The highest BCUT2D eigenvalue weighted by Crippen LogP contribution is 2.27. The van der Waals surface area contributed by atoms with E-state index in [9.17, 15) is 14.4 Å². The molecule has 17 heavy (non-hydrogen) atoms. The maximum atomic E-state index is 11.3. The summed E-state index contributed by atoms with van der Waals surface area (Å²) in [5.74, 6) is -2.48. The number of carboxylic acids is 2. The van der Waals surface area contributed by atoms with Gasteiger partial charge in [0.05, 0.1) is 13.0 Å². The molecule has 0 bridgehead atoms. The average molecular weight is 244 g/mol. The predicted octanol–water partition coefficient (Wildman–Crippen LogP) is -0.970. The van der Waals surface area contributed by atoms with Crippen LogP contribution in [-0.4, -0.2) is 47.2 Å². The quantitative estimate of drug-likeness (QED) is 0.436. The summed E-state index contributed by atoms with van der Waals surface area (Å²) in [6.07, 6.45) is 1.69. The molecular weight excluding hydrogens is 228 g/mol. The summed E-state index contributed by atoms with van der Waals surface area (Å²) in [7, 11) is 0. The van der Waals surface area contributed by atoms with Crippen LogP contribution in [0.1, 0.15) is 19.3 Å². The van der Waals surface area contributed by atoms with Crippen molar-refractivity contribution in [3.63, 3.8) is 0 Å². The summed E-state index contributed by atoms with van der Waals surface area (Å²) in [6.45, 7) is 0.754. The van der Waals surface area contributed by atoms with Gasteiger partial charge in [0.2, 0.25) is 5.91 Å². The van der Waals surface area contributed by atoms with Gasteiger partial charge in [-0.15, -0.1) is 0 Å². The van der Waals surface area contributed by atoms with Crippen LogP contribution < -0.4 is 10.6 Å². The Bertz CT molecular complexity index is 314. The van der Waals surface area contributed by atoms with Crippen LogP contribution >= 0.6 is 0 Å². The lowest BCUT2D eigenvalue weighted by molar-refractivity contribution is -0.147. The summed E-state index contributed by atoms with van der Waals surface area (Å²) < 4.78 is 0. The Morgan fingerprint density at radius 3 is 2.35 bits per heavy atom. The minimum atomic E-state index is -1.37. The number of carbonyl (C=O) groups excluding carboxylic acids is 1. The van der Waals surface area contributed by atoms with Gasteiger partial charge >= 0.3 is 11.9 Å². The summed E-state index contributed by atoms with van der Waals surface area (Å²) in [5, 5.41) is 22.2. The van der Waals surface area contributed by atoms with E-state index in [1.54, 1.807) is 0 Å². The van der Waals surface area contributed by atoms with E-state index >= 15 is 0 Å². The molecule has 0 spiro atoms. The topological polar surface area (TPSA) is 116 Å². The third-order valence-corrected chi connectivity index (χ3v) is 2.43. The summed E-state index contributed by atoms with van der Waals surface area (Å²) in [4.78, 5) is 32.4. The van der Waals surface area contributed by atoms with Crippen molar-refractivity contribution in [3.8, 4) is 0 Å². The van der Waals surface area contributed by atoms with Crippen molar-refractivity contribution < 1.29 is 24.6 Å². The normalized spacial score (nSPS) is 16.2. The summed E-state index contributed by atoms with van der Waals surface area (Å²) in [6, 6.07) is -1.37. The van der Waals surface area contributed by atoms with Gasteiger partial charge in [0.25, 0.3) is 0 Å². The molecule has 0 aromatic rings. The second-order valence-electron chi connectivity index (χ2n) is 4.13. The number of nitrogens with one attached hydrogen (secondary N) is 2. The van der Waals surface area contributed by atoms with Gasteiger partial charge in [-0.3, -0.25) is 9.59 Å². The molecule has 0 aromatic heterocycles.